The van der Waals surface area contributed by atoms with Gasteiger partial charge in [-0.15, -0.1) is 10.2 Å². The summed E-state index contributed by atoms with van der Waals surface area (Å²) in [5, 5.41) is 14.3. The van der Waals surface area contributed by atoms with Crippen LogP contribution in [0.1, 0.15) is 19.8 Å². The third kappa shape index (κ3) is 24.8. The van der Waals surface area contributed by atoms with Crippen molar-refractivity contribution in [3.8, 4) is 0 Å². The van der Waals surface area contributed by atoms with E-state index in [9.17, 15) is 0 Å². The number of nitrogens with two attached hydrogens (primary N) is 4. The molecule has 12 nitrogen and oxygen atoms in total. The zero-order valence-corrected chi connectivity index (χ0v) is 11.5. The van der Waals surface area contributed by atoms with Gasteiger partial charge in [-0.25, -0.2) is 0 Å². The Kier molecular flexibility index (Phi) is 10.7. The van der Waals surface area contributed by atoms with E-state index in [-0.39, 0.29) is 11.9 Å². The summed E-state index contributed by atoms with van der Waals surface area (Å²) in [6.07, 6.45) is 2.96. The van der Waals surface area contributed by atoms with E-state index in [1.165, 1.54) is 6.21 Å². The van der Waals surface area contributed by atoms with Crippen molar-refractivity contribution in [2.75, 3.05) is 0 Å². The first-order valence-corrected chi connectivity index (χ1v) is 6.43. The first-order valence-electron chi connectivity index (χ1n) is 5.03. The fourth-order valence-electron chi connectivity index (χ4n) is 0.681. The third-order valence-corrected chi connectivity index (χ3v) is 1.18. The van der Waals surface area contributed by atoms with Crippen molar-refractivity contribution in [1.82, 2.24) is 0 Å². The van der Waals surface area contributed by atoms with Gasteiger partial charge in [0.2, 0.25) is 11.9 Å². The second-order valence-electron chi connectivity index (χ2n) is 3.08. The van der Waals surface area contributed by atoms with Crippen molar-refractivity contribution in [2.24, 2.45) is 43.3 Å². The Bertz CT molecular complexity index is 479. The first kappa shape index (κ1) is 20.1. The minimum Gasteiger partial charge on any atom is -0.369 e. The maximum Gasteiger partial charge on any atom is 0.394 e. The lowest BCUT2D eigenvalue weighted by atomic mass is 10.2. The highest BCUT2D eigenvalue weighted by atomic mass is 32.3. The molecule has 0 spiro atoms. The van der Waals surface area contributed by atoms with Crippen LogP contribution in [-0.2, 0) is 10.4 Å². The quantitative estimate of drug-likeness (QED) is 0.144. The zero-order chi connectivity index (χ0) is 16.2. The van der Waals surface area contributed by atoms with Crippen molar-refractivity contribution in [3.63, 3.8) is 0 Å². The maximum absolute atomic E-state index is 8.74. The minimum atomic E-state index is -4.67. The van der Waals surface area contributed by atoms with Crippen LogP contribution in [0.3, 0.4) is 0 Å². The molecule has 0 amide bonds. The van der Waals surface area contributed by atoms with Gasteiger partial charge in [0.05, 0.1) is 11.9 Å². The van der Waals surface area contributed by atoms with Crippen molar-refractivity contribution in [2.45, 2.75) is 19.8 Å². The molecule has 0 atom stereocenters. The summed E-state index contributed by atoms with van der Waals surface area (Å²) in [5.41, 5.74) is 21.0. The third-order valence-electron chi connectivity index (χ3n) is 1.18. The van der Waals surface area contributed by atoms with Gasteiger partial charge < -0.3 is 22.9 Å². The summed E-state index contributed by atoms with van der Waals surface area (Å²) in [6, 6.07) is 0. The van der Waals surface area contributed by atoms with Crippen molar-refractivity contribution >= 4 is 34.2 Å². The predicted molar refractivity (Wildman–Crippen MR) is 76.6 cm³/mol. The number of nitrogens with zero attached hydrogens (tertiary/aromatic N) is 4. The molecule has 0 aliphatic carbocycles. The molecule has 0 bridgehead atoms. The lowest BCUT2D eigenvalue weighted by Gasteiger charge is -1.93. The number of hydrogen-bond acceptors (Lipinski definition) is 6. The monoisotopic (exact) mass is 310 g/mol. The molecule has 0 aliphatic rings. The molecule has 0 aromatic rings. The Labute approximate surface area is 115 Å². The van der Waals surface area contributed by atoms with E-state index in [4.69, 9.17) is 40.5 Å². The van der Waals surface area contributed by atoms with Crippen LogP contribution in [0.2, 0.25) is 0 Å². The van der Waals surface area contributed by atoms with E-state index in [0.717, 1.165) is 6.42 Å². The number of guanidine groups is 2. The summed E-state index contributed by atoms with van der Waals surface area (Å²) in [7, 11) is -4.67. The normalized spacial score (nSPS) is 11.4. The smallest absolute Gasteiger partial charge is 0.369 e. The van der Waals surface area contributed by atoms with Crippen LogP contribution in [0.4, 0.5) is 0 Å². The maximum atomic E-state index is 8.74. The molecule has 0 saturated heterocycles. The van der Waals surface area contributed by atoms with Gasteiger partial charge >= 0.3 is 10.4 Å². The van der Waals surface area contributed by atoms with Gasteiger partial charge in [-0.2, -0.15) is 18.6 Å². The molecule has 13 heteroatoms. The summed E-state index contributed by atoms with van der Waals surface area (Å²) in [4.78, 5) is 0. The standard InChI is InChI=1S/C7H16N8.H2O4S/c1-2-3-5(13-15-7(10)11)4-12-14-6(8)9;1-5(2,3)4/h4H,2-3H2,1H3,(H4,8,9,14)(H4,10,11,15);(H2,1,2,3,4)/b12-4+,13-5-;. The minimum absolute atomic E-state index is 0.112. The van der Waals surface area contributed by atoms with Crippen LogP contribution in [0.15, 0.2) is 20.4 Å². The molecular weight excluding hydrogens is 292 g/mol. The SMILES string of the molecule is CCCC(/C=N/N=C(N)N)=N/N=C(N)N.O=S(=O)(O)O. The van der Waals surface area contributed by atoms with Crippen LogP contribution in [-0.4, -0.2) is 41.4 Å². The average molecular weight is 310 g/mol. The van der Waals surface area contributed by atoms with E-state index in [1.807, 2.05) is 6.92 Å². The van der Waals surface area contributed by atoms with Crippen LogP contribution in [0.25, 0.3) is 0 Å². The Hall–Kier alpha value is -2.25. The highest BCUT2D eigenvalue weighted by Gasteiger charge is 1.93. The van der Waals surface area contributed by atoms with Gasteiger partial charge in [-0.05, 0) is 6.42 Å². The molecule has 0 unspecified atom stereocenters. The lowest BCUT2D eigenvalue weighted by molar-refractivity contribution is 0.381. The molecule has 20 heavy (non-hydrogen) atoms. The summed E-state index contributed by atoms with van der Waals surface area (Å²) < 4.78 is 31.6. The second-order valence-corrected chi connectivity index (χ2v) is 3.98. The van der Waals surface area contributed by atoms with Crippen LogP contribution >= 0.6 is 0 Å². The molecule has 0 radical (unpaired) electrons. The summed E-state index contributed by atoms with van der Waals surface area (Å²) in [5.74, 6) is -0.234. The molecule has 0 aromatic carbocycles. The molecule has 0 aromatic heterocycles. The Morgan fingerprint density at radius 2 is 1.50 bits per heavy atom. The highest BCUT2D eigenvalue weighted by Crippen LogP contribution is 1.91. The molecule has 10 N–H and O–H groups in total. The number of rotatable bonds is 5. The van der Waals surface area contributed by atoms with Gasteiger partial charge in [0.15, 0.2) is 0 Å². The predicted octanol–water partition coefficient (Wildman–Crippen LogP) is -1.98. The Morgan fingerprint density at radius 1 is 1.05 bits per heavy atom. The first-order chi connectivity index (χ1) is 9.06. The van der Waals surface area contributed by atoms with E-state index in [1.54, 1.807) is 0 Å². The van der Waals surface area contributed by atoms with Gasteiger partial charge in [-0.3, -0.25) is 9.11 Å². The molecule has 0 fully saturated rings. The molecule has 0 aliphatic heterocycles. The second kappa shape index (κ2) is 10.7. The van der Waals surface area contributed by atoms with Crippen LogP contribution in [0.5, 0.6) is 0 Å². The fourth-order valence-corrected chi connectivity index (χ4v) is 0.681. The van der Waals surface area contributed by atoms with Gasteiger partial charge in [0.25, 0.3) is 0 Å². The molecule has 0 heterocycles. The lowest BCUT2D eigenvalue weighted by Crippen LogP contribution is -2.22. The molecule has 116 valence electrons. The average Bonchev–Trinajstić information content (AvgIpc) is 2.22. The van der Waals surface area contributed by atoms with Crippen LogP contribution in [0, 0.1) is 0 Å². The van der Waals surface area contributed by atoms with E-state index >= 15 is 0 Å². The van der Waals surface area contributed by atoms with Crippen molar-refractivity contribution < 1.29 is 17.5 Å². The van der Waals surface area contributed by atoms with E-state index in [0.29, 0.717) is 12.1 Å². The van der Waals surface area contributed by atoms with E-state index < -0.39 is 10.4 Å². The van der Waals surface area contributed by atoms with Gasteiger partial charge in [-0.1, -0.05) is 13.3 Å². The van der Waals surface area contributed by atoms with Crippen LogP contribution < -0.4 is 22.9 Å². The Balaban J connectivity index is 0. The fraction of sp³-hybridized carbons (Fsp3) is 0.429. The van der Waals surface area contributed by atoms with Crippen molar-refractivity contribution in [1.29, 1.82) is 0 Å². The van der Waals surface area contributed by atoms with Crippen molar-refractivity contribution in [3.05, 3.63) is 0 Å². The highest BCUT2D eigenvalue weighted by molar-refractivity contribution is 7.79. The zero-order valence-electron chi connectivity index (χ0n) is 10.7. The molecular formula is C7H18N8O4S. The molecule has 0 rings (SSSR count). The number of hydrogen-bond donors (Lipinski definition) is 6. The summed E-state index contributed by atoms with van der Waals surface area (Å²) >= 11 is 0. The summed E-state index contributed by atoms with van der Waals surface area (Å²) in [6.45, 7) is 1.99. The topological polar surface area (TPSA) is 228 Å². The van der Waals surface area contributed by atoms with E-state index in [2.05, 4.69) is 20.4 Å². The molecule has 0 saturated carbocycles. The largest absolute Gasteiger partial charge is 0.394 e. The van der Waals surface area contributed by atoms with Gasteiger partial charge in [0, 0.05) is 0 Å². The Morgan fingerprint density at radius 3 is 1.85 bits per heavy atom. The van der Waals surface area contributed by atoms with Gasteiger partial charge in [0.1, 0.15) is 0 Å².